The summed E-state index contributed by atoms with van der Waals surface area (Å²) >= 11 is 0. The lowest BCUT2D eigenvalue weighted by atomic mass is 10.0. The fourth-order valence-electron chi connectivity index (χ4n) is 1.87. The maximum Gasteiger partial charge on any atom is 0.251 e. The summed E-state index contributed by atoms with van der Waals surface area (Å²) in [6.07, 6.45) is 1.98. The Bertz CT molecular complexity index is 571. The van der Waals surface area contributed by atoms with Crippen molar-refractivity contribution in [3.8, 4) is 0 Å². The summed E-state index contributed by atoms with van der Waals surface area (Å²) in [6.45, 7) is 4.60. The summed E-state index contributed by atoms with van der Waals surface area (Å²) in [4.78, 5) is 11.9. The number of hydrogen-bond acceptors (Lipinski definition) is 1. The second-order valence-electron chi connectivity index (χ2n) is 4.69. The number of nitrogens with one attached hydrogen (secondary N) is 1. The van der Waals surface area contributed by atoms with Crippen molar-refractivity contribution in [2.24, 2.45) is 0 Å². The molecule has 0 heterocycles. The normalized spacial score (nSPS) is 13.9. The molecule has 0 fully saturated rings. The van der Waals surface area contributed by atoms with Gasteiger partial charge < -0.3 is 5.32 Å². The van der Waals surface area contributed by atoms with Crippen molar-refractivity contribution in [3.63, 3.8) is 0 Å². The van der Waals surface area contributed by atoms with E-state index in [0.717, 1.165) is 24.0 Å². The quantitative estimate of drug-likeness (QED) is 0.807. The molecule has 1 aromatic carbocycles. The smallest absolute Gasteiger partial charge is 0.251 e. The van der Waals surface area contributed by atoms with Crippen LogP contribution in [0.25, 0.3) is 0 Å². The van der Waals surface area contributed by atoms with Crippen molar-refractivity contribution in [1.82, 2.24) is 5.32 Å². The molecule has 92 valence electrons. The van der Waals surface area contributed by atoms with Gasteiger partial charge in [0.1, 0.15) is 0 Å². The number of aryl methyl sites for hydroxylation is 1. The average molecular weight is 239 g/mol. The van der Waals surface area contributed by atoms with E-state index in [2.05, 4.69) is 23.7 Å². The van der Waals surface area contributed by atoms with Crippen LogP contribution in [0, 0.1) is 6.92 Å². The van der Waals surface area contributed by atoms with Gasteiger partial charge in [-0.25, -0.2) is 0 Å². The minimum Gasteiger partial charge on any atom is -0.348 e. The van der Waals surface area contributed by atoms with Gasteiger partial charge >= 0.3 is 0 Å². The maximum absolute atomic E-state index is 11.9. The highest BCUT2D eigenvalue weighted by Crippen LogP contribution is 2.12. The second-order valence-corrected chi connectivity index (χ2v) is 4.69. The number of benzene rings is 1. The molecule has 18 heavy (non-hydrogen) atoms. The number of hydrogen-bond donors (Lipinski definition) is 1. The summed E-state index contributed by atoms with van der Waals surface area (Å²) in [7, 11) is 0. The van der Waals surface area contributed by atoms with Gasteiger partial charge in [0.25, 0.3) is 5.91 Å². The van der Waals surface area contributed by atoms with Crippen LogP contribution in [0.4, 0.5) is 0 Å². The van der Waals surface area contributed by atoms with Crippen molar-refractivity contribution in [2.45, 2.75) is 26.7 Å². The Morgan fingerprint density at radius 1 is 1.28 bits per heavy atom. The van der Waals surface area contributed by atoms with Crippen molar-refractivity contribution < 1.29 is 4.79 Å². The lowest BCUT2D eigenvalue weighted by Gasteiger charge is -2.09. The third-order valence-electron chi connectivity index (χ3n) is 3.00. The highest BCUT2D eigenvalue weighted by Gasteiger charge is 2.07. The molecule has 1 aliphatic carbocycles. The summed E-state index contributed by atoms with van der Waals surface area (Å²) in [6, 6.07) is 7.61. The predicted octanol–water partition coefficient (Wildman–Crippen LogP) is 3.15. The number of allylic oxidation sites excluding steroid dienone is 1. The molecule has 1 aliphatic rings. The molecule has 1 amide bonds. The molecule has 0 aliphatic heterocycles. The Labute approximate surface area is 108 Å². The van der Waals surface area contributed by atoms with Crippen molar-refractivity contribution >= 4 is 5.91 Å². The molecule has 0 radical (unpaired) electrons. The second kappa shape index (κ2) is 5.55. The molecular formula is C16H17NO. The fourth-order valence-corrected chi connectivity index (χ4v) is 1.87. The van der Waals surface area contributed by atoms with E-state index in [1.54, 1.807) is 0 Å². The van der Waals surface area contributed by atoms with E-state index >= 15 is 0 Å². The van der Waals surface area contributed by atoms with Gasteiger partial charge in [-0.15, -0.1) is 0 Å². The number of carbonyl (C=O) groups is 1. The van der Waals surface area contributed by atoms with E-state index in [0.29, 0.717) is 12.1 Å². The molecule has 0 saturated carbocycles. The molecule has 1 aromatic rings. The first-order chi connectivity index (χ1) is 8.65. The third-order valence-corrected chi connectivity index (χ3v) is 3.00. The summed E-state index contributed by atoms with van der Waals surface area (Å²) in [5.74, 6) is -0.0284. The van der Waals surface area contributed by atoms with E-state index < -0.39 is 0 Å². The number of amides is 1. The van der Waals surface area contributed by atoms with Crippen LogP contribution in [0.5, 0.6) is 0 Å². The van der Waals surface area contributed by atoms with Crippen molar-refractivity contribution in [1.29, 1.82) is 0 Å². The molecule has 0 spiro atoms. The maximum atomic E-state index is 11.9. The van der Waals surface area contributed by atoms with Gasteiger partial charge in [-0.3, -0.25) is 4.79 Å². The van der Waals surface area contributed by atoms with Gasteiger partial charge in [0.15, 0.2) is 0 Å². The van der Waals surface area contributed by atoms with Crippen LogP contribution in [0.2, 0.25) is 0 Å². The van der Waals surface area contributed by atoms with E-state index in [-0.39, 0.29) is 5.91 Å². The monoisotopic (exact) mass is 239 g/mol. The molecule has 0 aromatic heterocycles. The van der Waals surface area contributed by atoms with Gasteiger partial charge in [-0.2, -0.15) is 0 Å². The van der Waals surface area contributed by atoms with Crippen LogP contribution in [0.15, 0.2) is 46.9 Å². The Morgan fingerprint density at radius 2 is 2.11 bits per heavy atom. The molecule has 0 bridgehead atoms. The lowest BCUT2D eigenvalue weighted by Crippen LogP contribution is -2.25. The first-order valence-electron chi connectivity index (χ1n) is 6.19. The molecule has 0 saturated heterocycles. The van der Waals surface area contributed by atoms with Gasteiger partial charge in [0.05, 0.1) is 0 Å². The third kappa shape index (κ3) is 3.24. The zero-order chi connectivity index (χ0) is 13.0. The predicted molar refractivity (Wildman–Crippen MR) is 72.5 cm³/mol. The van der Waals surface area contributed by atoms with Crippen LogP contribution in [-0.2, 0) is 0 Å². The lowest BCUT2D eigenvalue weighted by molar-refractivity contribution is 0.0956. The average Bonchev–Trinajstić information content (AvgIpc) is 2.38. The zero-order valence-corrected chi connectivity index (χ0v) is 10.8. The first kappa shape index (κ1) is 12.4. The Morgan fingerprint density at radius 3 is 2.78 bits per heavy atom. The van der Waals surface area contributed by atoms with Crippen LogP contribution in [0.1, 0.15) is 35.7 Å². The molecule has 2 rings (SSSR count). The van der Waals surface area contributed by atoms with Crippen molar-refractivity contribution in [2.75, 3.05) is 6.54 Å². The Balaban J connectivity index is 2.00. The summed E-state index contributed by atoms with van der Waals surface area (Å²) in [5.41, 5.74) is 10.3. The topological polar surface area (TPSA) is 29.1 Å². The van der Waals surface area contributed by atoms with Crippen LogP contribution >= 0.6 is 0 Å². The molecule has 0 atom stereocenters. The minimum absolute atomic E-state index is 0.0284. The molecule has 1 N–H and O–H groups in total. The van der Waals surface area contributed by atoms with E-state index in [9.17, 15) is 4.79 Å². The molecule has 2 nitrogen and oxygen atoms in total. The Hall–Kier alpha value is -2.01. The Kier molecular flexibility index (Phi) is 3.84. The van der Waals surface area contributed by atoms with Gasteiger partial charge in [-0.1, -0.05) is 29.2 Å². The number of carbonyl (C=O) groups excluding carboxylic acids is 1. The van der Waals surface area contributed by atoms with Crippen LogP contribution < -0.4 is 5.32 Å². The standard InChI is InChI=1S/C16H17NO/c1-12-6-8-14(9-7-12)11-17-16(18)15-5-3-4-13(2)10-15/h3-5,10H,6,8,11H2,1-2H3,(H,17,18). The highest BCUT2D eigenvalue weighted by atomic mass is 16.1. The fraction of sp³-hybridized carbons (Fsp3) is 0.312. The first-order valence-corrected chi connectivity index (χ1v) is 6.19. The van der Waals surface area contributed by atoms with Crippen LogP contribution in [0.3, 0.4) is 0 Å². The van der Waals surface area contributed by atoms with Crippen molar-refractivity contribution in [3.05, 3.63) is 58.0 Å². The van der Waals surface area contributed by atoms with E-state index in [1.165, 1.54) is 5.57 Å². The summed E-state index contributed by atoms with van der Waals surface area (Å²) < 4.78 is 0. The molecular weight excluding hydrogens is 222 g/mol. The molecule has 2 heteroatoms. The zero-order valence-electron chi connectivity index (χ0n) is 10.8. The molecule has 0 unspecified atom stereocenters. The number of rotatable bonds is 3. The van der Waals surface area contributed by atoms with Gasteiger partial charge in [0.2, 0.25) is 0 Å². The van der Waals surface area contributed by atoms with E-state index in [1.807, 2.05) is 31.2 Å². The summed E-state index contributed by atoms with van der Waals surface area (Å²) in [5, 5.41) is 2.92. The SMILES string of the molecule is CC1=C=C=C(CNC(=O)c2cccc(C)c2)CC1. The minimum atomic E-state index is -0.0284. The highest BCUT2D eigenvalue weighted by molar-refractivity contribution is 5.94. The van der Waals surface area contributed by atoms with E-state index in [4.69, 9.17) is 0 Å². The van der Waals surface area contributed by atoms with Gasteiger partial charge in [0, 0.05) is 12.1 Å². The van der Waals surface area contributed by atoms with Gasteiger partial charge in [-0.05, 0) is 50.0 Å². The van der Waals surface area contributed by atoms with Crippen LogP contribution in [-0.4, -0.2) is 12.5 Å². The largest absolute Gasteiger partial charge is 0.348 e.